The van der Waals surface area contributed by atoms with Gasteiger partial charge < -0.3 is 20.1 Å². The molecule has 1 aromatic heterocycles. The summed E-state index contributed by atoms with van der Waals surface area (Å²) in [6, 6.07) is 11.3. The van der Waals surface area contributed by atoms with E-state index in [2.05, 4.69) is 20.7 Å². The molecule has 0 radical (unpaired) electrons. The van der Waals surface area contributed by atoms with Crippen molar-refractivity contribution in [2.45, 2.75) is 6.42 Å². The minimum absolute atomic E-state index is 0.184. The molecule has 1 aromatic carbocycles. The van der Waals surface area contributed by atoms with Crippen molar-refractivity contribution in [1.29, 1.82) is 0 Å². The van der Waals surface area contributed by atoms with Crippen LogP contribution in [-0.4, -0.2) is 55.2 Å². The lowest BCUT2D eigenvalue weighted by molar-refractivity contribution is 0.0942. The fourth-order valence-corrected chi connectivity index (χ4v) is 2.65. The average molecular weight is 314 g/mol. The molecule has 0 saturated carbocycles. The highest BCUT2D eigenvalue weighted by Gasteiger charge is 2.13. The molecule has 122 valence electrons. The summed E-state index contributed by atoms with van der Waals surface area (Å²) >= 11 is 0. The number of rotatable bonds is 6. The third kappa shape index (κ3) is 4.40. The maximum absolute atomic E-state index is 12.1. The van der Waals surface area contributed by atoms with E-state index in [4.69, 9.17) is 4.52 Å². The molecular formula is C17H22N4O2. The van der Waals surface area contributed by atoms with E-state index in [-0.39, 0.29) is 5.91 Å². The molecule has 1 saturated heterocycles. The van der Waals surface area contributed by atoms with Gasteiger partial charge in [0.15, 0.2) is 11.5 Å². The Labute approximate surface area is 135 Å². The third-order valence-corrected chi connectivity index (χ3v) is 3.95. The zero-order valence-corrected chi connectivity index (χ0v) is 13.1. The summed E-state index contributed by atoms with van der Waals surface area (Å²) < 4.78 is 5.25. The Hall–Kier alpha value is -2.18. The first-order valence-electron chi connectivity index (χ1n) is 8.06. The van der Waals surface area contributed by atoms with Crippen molar-refractivity contribution in [3.63, 3.8) is 0 Å². The van der Waals surface area contributed by atoms with E-state index < -0.39 is 0 Å². The van der Waals surface area contributed by atoms with Crippen molar-refractivity contribution in [1.82, 2.24) is 20.7 Å². The summed E-state index contributed by atoms with van der Waals surface area (Å²) in [6.45, 7) is 5.92. The highest BCUT2D eigenvalue weighted by Crippen LogP contribution is 2.19. The topological polar surface area (TPSA) is 70.4 Å². The monoisotopic (exact) mass is 314 g/mol. The van der Waals surface area contributed by atoms with Crippen molar-refractivity contribution >= 4 is 5.91 Å². The molecule has 2 aromatic rings. The highest BCUT2D eigenvalue weighted by atomic mass is 16.5. The van der Waals surface area contributed by atoms with Gasteiger partial charge in [-0.25, -0.2) is 0 Å². The summed E-state index contributed by atoms with van der Waals surface area (Å²) in [5.74, 6) is 0.424. The quantitative estimate of drug-likeness (QED) is 0.788. The molecule has 1 fully saturated rings. The fraction of sp³-hybridized carbons (Fsp3) is 0.412. The number of benzene rings is 1. The van der Waals surface area contributed by atoms with Crippen molar-refractivity contribution in [3.05, 3.63) is 42.1 Å². The molecule has 0 unspecified atom stereocenters. The lowest BCUT2D eigenvalue weighted by Gasteiger charge is -2.26. The zero-order valence-electron chi connectivity index (χ0n) is 13.1. The van der Waals surface area contributed by atoms with E-state index in [1.165, 1.54) is 0 Å². The van der Waals surface area contributed by atoms with Crippen molar-refractivity contribution in [2.75, 3.05) is 39.3 Å². The highest BCUT2D eigenvalue weighted by molar-refractivity contribution is 5.93. The smallest absolute Gasteiger partial charge is 0.273 e. The first kappa shape index (κ1) is 15.7. The van der Waals surface area contributed by atoms with E-state index in [1.54, 1.807) is 6.07 Å². The van der Waals surface area contributed by atoms with E-state index >= 15 is 0 Å². The van der Waals surface area contributed by atoms with Crippen LogP contribution >= 0.6 is 0 Å². The van der Waals surface area contributed by atoms with Crippen LogP contribution in [0.4, 0.5) is 0 Å². The largest absolute Gasteiger partial charge is 0.355 e. The van der Waals surface area contributed by atoms with Crippen molar-refractivity contribution < 1.29 is 9.32 Å². The first-order valence-corrected chi connectivity index (χ1v) is 8.06. The van der Waals surface area contributed by atoms with Crippen molar-refractivity contribution in [2.24, 2.45) is 0 Å². The van der Waals surface area contributed by atoms with Crippen LogP contribution in [-0.2, 0) is 0 Å². The van der Waals surface area contributed by atoms with Crippen LogP contribution in [0.15, 0.2) is 40.9 Å². The average Bonchev–Trinajstić information content (AvgIpc) is 3.10. The van der Waals surface area contributed by atoms with Gasteiger partial charge in [0.05, 0.1) is 0 Å². The summed E-state index contributed by atoms with van der Waals surface area (Å²) in [7, 11) is 0. The Kier molecular flexibility index (Phi) is 5.39. The maximum atomic E-state index is 12.1. The van der Waals surface area contributed by atoms with Gasteiger partial charge in [0.2, 0.25) is 0 Å². The van der Waals surface area contributed by atoms with E-state index in [0.717, 1.165) is 44.7 Å². The molecule has 0 atom stereocenters. The lowest BCUT2D eigenvalue weighted by atomic mass is 10.1. The molecular weight excluding hydrogens is 292 g/mol. The molecule has 6 heteroatoms. The minimum atomic E-state index is -0.184. The predicted molar refractivity (Wildman–Crippen MR) is 88.2 cm³/mol. The van der Waals surface area contributed by atoms with Gasteiger partial charge >= 0.3 is 0 Å². The van der Waals surface area contributed by atoms with Crippen LogP contribution in [0.3, 0.4) is 0 Å². The SMILES string of the molecule is O=C(NCCCN1CCNCC1)c1cc(-c2ccccc2)on1. The van der Waals surface area contributed by atoms with Crippen LogP contribution in [0.1, 0.15) is 16.9 Å². The Bertz CT molecular complexity index is 621. The number of nitrogens with one attached hydrogen (secondary N) is 2. The normalized spacial score (nSPS) is 15.5. The van der Waals surface area contributed by atoms with Gasteiger partial charge in [-0.15, -0.1) is 0 Å². The Morgan fingerprint density at radius 3 is 2.83 bits per heavy atom. The fourth-order valence-electron chi connectivity index (χ4n) is 2.65. The molecule has 0 bridgehead atoms. The summed E-state index contributed by atoms with van der Waals surface area (Å²) in [6.07, 6.45) is 0.940. The second-order valence-electron chi connectivity index (χ2n) is 5.64. The Balaban J connectivity index is 1.44. The number of amides is 1. The Morgan fingerprint density at radius 1 is 1.26 bits per heavy atom. The molecule has 2 N–H and O–H groups in total. The van der Waals surface area contributed by atoms with E-state index in [0.29, 0.717) is 18.0 Å². The van der Waals surface area contributed by atoms with Gasteiger partial charge in [0.1, 0.15) is 0 Å². The number of carbonyl (C=O) groups is 1. The molecule has 1 amide bonds. The van der Waals surface area contributed by atoms with E-state index in [1.807, 2.05) is 30.3 Å². The van der Waals surface area contributed by atoms with Gasteiger partial charge in [-0.2, -0.15) is 0 Å². The zero-order chi connectivity index (χ0) is 15.9. The van der Waals surface area contributed by atoms with Gasteiger partial charge in [0, 0.05) is 44.4 Å². The molecule has 23 heavy (non-hydrogen) atoms. The molecule has 1 aliphatic heterocycles. The van der Waals surface area contributed by atoms with Crippen LogP contribution in [0, 0.1) is 0 Å². The Morgan fingerprint density at radius 2 is 2.04 bits per heavy atom. The second-order valence-corrected chi connectivity index (χ2v) is 5.64. The van der Waals surface area contributed by atoms with Crippen LogP contribution in [0.5, 0.6) is 0 Å². The number of aromatic nitrogens is 1. The van der Waals surface area contributed by atoms with Crippen LogP contribution in [0.25, 0.3) is 11.3 Å². The molecule has 2 heterocycles. The van der Waals surface area contributed by atoms with E-state index in [9.17, 15) is 4.79 Å². The number of hydrogen-bond acceptors (Lipinski definition) is 5. The summed E-state index contributed by atoms with van der Waals surface area (Å²) in [5.41, 5.74) is 1.24. The number of hydrogen-bond donors (Lipinski definition) is 2. The van der Waals surface area contributed by atoms with Gasteiger partial charge in [-0.05, 0) is 13.0 Å². The number of piperazine rings is 1. The summed E-state index contributed by atoms with van der Waals surface area (Å²) in [5, 5.41) is 10.1. The lowest BCUT2D eigenvalue weighted by Crippen LogP contribution is -2.44. The second kappa shape index (κ2) is 7.89. The standard InChI is InChI=1S/C17H22N4O2/c22-17(19-7-4-10-21-11-8-18-9-12-21)15-13-16(23-20-15)14-5-2-1-3-6-14/h1-3,5-6,13,18H,4,7-12H2,(H,19,22). The molecule has 0 spiro atoms. The molecule has 0 aliphatic carbocycles. The third-order valence-electron chi connectivity index (χ3n) is 3.95. The number of nitrogens with zero attached hydrogens (tertiary/aromatic N) is 2. The molecule has 3 rings (SSSR count). The van der Waals surface area contributed by atoms with Crippen LogP contribution in [0.2, 0.25) is 0 Å². The number of carbonyl (C=O) groups excluding carboxylic acids is 1. The van der Waals surface area contributed by atoms with Gasteiger partial charge in [0.25, 0.3) is 5.91 Å². The maximum Gasteiger partial charge on any atom is 0.273 e. The molecule has 1 aliphatic rings. The molecule has 6 nitrogen and oxygen atoms in total. The minimum Gasteiger partial charge on any atom is -0.355 e. The predicted octanol–water partition coefficient (Wildman–Crippen LogP) is 1.37. The summed E-state index contributed by atoms with van der Waals surface area (Å²) in [4.78, 5) is 14.5. The first-order chi connectivity index (χ1) is 11.3. The van der Waals surface area contributed by atoms with Gasteiger partial charge in [-0.3, -0.25) is 4.79 Å². The van der Waals surface area contributed by atoms with Gasteiger partial charge in [-0.1, -0.05) is 35.5 Å². The van der Waals surface area contributed by atoms with Crippen molar-refractivity contribution in [3.8, 4) is 11.3 Å². The van der Waals surface area contributed by atoms with Crippen LogP contribution < -0.4 is 10.6 Å².